The molecule has 0 saturated carbocycles. The number of benzene rings is 2. The molecule has 0 heterocycles. The molecule has 0 aliphatic rings. The first-order valence-corrected chi connectivity index (χ1v) is 7.41. The normalized spacial score (nSPS) is 10.7. The first-order valence-electron chi connectivity index (χ1n) is 5.52. The van der Waals surface area contributed by atoms with Gasteiger partial charge in [0, 0.05) is 6.26 Å². The number of sulfone groups is 1. The van der Waals surface area contributed by atoms with Crippen molar-refractivity contribution in [3.8, 4) is 11.1 Å². The van der Waals surface area contributed by atoms with Gasteiger partial charge in [0.25, 0.3) is 0 Å². The van der Waals surface area contributed by atoms with Gasteiger partial charge >= 0.3 is 5.97 Å². The number of aromatic carboxylic acids is 1. The van der Waals surface area contributed by atoms with Crippen LogP contribution in [-0.2, 0) is 9.84 Å². The highest BCUT2D eigenvalue weighted by molar-refractivity contribution is 7.90. The average molecular weight is 313 g/mol. The van der Waals surface area contributed by atoms with Crippen molar-refractivity contribution in [1.82, 2.24) is 0 Å². The Morgan fingerprint density at radius 2 is 1.30 bits per heavy atom. The third-order valence-corrected chi connectivity index (χ3v) is 3.88. The van der Waals surface area contributed by atoms with E-state index in [-0.39, 0.29) is 22.9 Å². The summed E-state index contributed by atoms with van der Waals surface area (Å²) in [6.45, 7) is 0. The summed E-state index contributed by atoms with van der Waals surface area (Å²) < 4.78 is 22.7. The van der Waals surface area contributed by atoms with E-state index in [1.807, 2.05) is 0 Å². The van der Waals surface area contributed by atoms with Crippen LogP contribution in [0.3, 0.4) is 0 Å². The molecule has 0 aliphatic heterocycles. The molecule has 0 spiro atoms. The number of carbonyl (C=O) groups is 1. The second kappa shape index (κ2) is 6.07. The second-order valence-corrected chi connectivity index (χ2v) is 6.19. The lowest BCUT2D eigenvalue weighted by atomic mass is 10.0. The maximum absolute atomic E-state index is 11.3. The molecule has 2 aromatic carbocycles. The second-order valence-electron chi connectivity index (χ2n) is 4.18. The van der Waals surface area contributed by atoms with Crippen molar-refractivity contribution in [3.63, 3.8) is 0 Å². The molecule has 0 saturated heterocycles. The summed E-state index contributed by atoms with van der Waals surface area (Å²) in [7, 11) is -3.20. The Balaban J connectivity index is 0.00000200. The zero-order valence-corrected chi connectivity index (χ0v) is 12.2. The molecule has 2 rings (SSSR count). The Morgan fingerprint density at radius 1 is 0.900 bits per heavy atom. The number of hydrogen-bond acceptors (Lipinski definition) is 3. The maximum Gasteiger partial charge on any atom is 0.335 e. The number of rotatable bonds is 3. The number of halogens is 1. The van der Waals surface area contributed by atoms with Crippen LogP contribution in [-0.4, -0.2) is 25.7 Å². The highest BCUT2D eigenvalue weighted by Crippen LogP contribution is 2.21. The van der Waals surface area contributed by atoms with Gasteiger partial charge in [0.2, 0.25) is 0 Å². The van der Waals surface area contributed by atoms with Crippen molar-refractivity contribution in [2.75, 3.05) is 6.26 Å². The maximum atomic E-state index is 11.3. The van der Waals surface area contributed by atoms with Crippen LogP contribution < -0.4 is 0 Å². The van der Waals surface area contributed by atoms with Crippen LogP contribution in [0.25, 0.3) is 11.1 Å². The minimum absolute atomic E-state index is 0. The molecular weight excluding hydrogens is 300 g/mol. The lowest BCUT2D eigenvalue weighted by Gasteiger charge is -2.04. The molecule has 2 aromatic rings. The van der Waals surface area contributed by atoms with Gasteiger partial charge in [-0.05, 0) is 35.4 Å². The summed E-state index contributed by atoms with van der Waals surface area (Å²) in [4.78, 5) is 11.0. The van der Waals surface area contributed by atoms with Gasteiger partial charge in [0.15, 0.2) is 9.84 Å². The summed E-state index contributed by atoms with van der Waals surface area (Å²) in [5, 5.41) is 8.81. The lowest BCUT2D eigenvalue weighted by molar-refractivity contribution is 0.0697. The molecule has 4 nitrogen and oxygen atoms in total. The smallest absolute Gasteiger partial charge is 0.335 e. The molecule has 0 unspecified atom stereocenters. The first kappa shape index (κ1) is 16.2. The molecule has 106 valence electrons. The van der Waals surface area contributed by atoms with Gasteiger partial charge in [-0.1, -0.05) is 24.3 Å². The van der Waals surface area contributed by atoms with Gasteiger partial charge in [0.05, 0.1) is 10.5 Å². The summed E-state index contributed by atoms with van der Waals surface area (Å²) in [6.07, 6.45) is 1.16. The zero-order chi connectivity index (χ0) is 14.0. The SMILES string of the molecule is CS(=O)(=O)c1ccc(-c2ccc(C(=O)O)cc2)cc1.Cl. The van der Waals surface area contributed by atoms with E-state index in [2.05, 4.69) is 0 Å². The van der Waals surface area contributed by atoms with Crippen LogP contribution in [0.1, 0.15) is 10.4 Å². The lowest BCUT2D eigenvalue weighted by Crippen LogP contribution is -1.96. The third-order valence-electron chi connectivity index (χ3n) is 2.75. The molecule has 6 heteroatoms. The van der Waals surface area contributed by atoms with Crippen LogP contribution in [0, 0.1) is 0 Å². The number of carboxylic acids is 1. The zero-order valence-electron chi connectivity index (χ0n) is 10.6. The fourth-order valence-electron chi connectivity index (χ4n) is 1.70. The topological polar surface area (TPSA) is 71.4 Å². The van der Waals surface area contributed by atoms with E-state index in [1.165, 1.54) is 24.3 Å². The summed E-state index contributed by atoms with van der Waals surface area (Å²) >= 11 is 0. The monoisotopic (exact) mass is 312 g/mol. The first-order chi connectivity index (χ1) is 8.88. The van der Waals surface area contributed by atoms with E-state index in [1.54, 1.807) is 24.3 Å². The van der Waals surface area contributed by atoms with Crippen molar-refractivity contribution < 1.29 is 18.3 Å². The minimum Gasteiger partial charge on any atom is -0.478 e. The Morgan fingerprint density at radius 3 is 1.65 bits per heavy atom. The van der Waals surface area contributed by atoms with Crippen LogP contribution in [0.2, 0.25) is 0 Å². The molecule has 0 fully saturated rings. The summed E-state index contributed by atoms with van der Waals surface area (Å²) in [6, 6.07) is 12.9. The molecular formula is C14H13ClO4S. The quantitative estimate of drug-likeness (QED) is 0.946. The third kappa shape index (κ3) is 3.59. The molecule has 0 radical (unpaired) electrons. The largest absolute Gasteiger partial charge is 0.478 e. The van der Waals surface area contributed by atoms with E-state index >= 15 is 0 Å². The van der Waals surface area contributed by atoms with Crippen LogP contribution in [0.15, 0.2) is 53.4 Å². The van der Waals surface area contributed by atoms with Crippen LogP contribution >= 0.6 is 12.4 Å². The van der Waals surface area contributed by atoms with Crippen molar-refractivity contribution in [2.45, 2.75) is 4.90 Å². The van der Waals surface area contributed by atoms with Crippen molar-refractivity contribution in [1.29, 1.82) is 0 Å². The van der Waals surface area contributed by atoms with Crippen molar-refractivity contribution in [3.05, 3.63) is 54.1 Å². The molecule has 20 heavy (non-hydrogen) atoms. The van der Waals surface area contributed by atoms with E-state index in [9.17, 15) is 13.2 Å². The summed E-state index contributed by atoms with van der Waals surface area (Å²) in [5.41, 5.74) is 1.89. The Hall–Kier alpha value is -1.85. The fourth-order valence-corrected chi connectivity index (χ4v) is 2.33. The van der Waals surface area contributed by atoms with Gasteiger partial charge in [-0.2, -0.15) is 0 Å². The molecule has 0 amide bonds. The predicted octanol–water partition coefficient (Wildman–Crippen LogP) is 2.88. The number of hydrogen-bond donors (Lipinski definition) is 1. The molecule has 0 bridgehead atoms. The Bertz CT molecular complexity index is 704. The average Bonchev–Trinajstić information content (AvgIpc) is 2.38. The molecule has 0 aromatic heterocycles. The molecule has 0 atom stereocenters. The van der Waals surface area contributed by atoms with Crippen molar-refractivity contribution in [2.24, 2.45) is 0 Å². The fraction of sp³-hybridized carbons (Fsp3) is 0.0714. The standard InChI is InChI=1S/C14H12O4S.ClH/c1-19(17,18)13-8-6-11(7-9-13)10-2-4-12(5-3-10)14(15)16;/h2-9H,1H3,(H,15,16);1H. The van der Waals surface area contributed by atoms with Gasteiger partial charge in [-0.15, -0.1) is 12.4 Å². The summed E-state index contributed by atoms with van der Waals surface area (Å²) in [5.74, 6) is -0.973. The molecule has 0 aliphatic carbocycles. The minimum atomic E-state index is -3.20. The van der Waals surface area contributed by atoms with Crippen LogP contribution in [0.4, 0.5) is 0 Å². The van der Waals surface area contributed by atoms with E-state index in [0.29, 0.717) is 0 Å². The van der Waals surface area contributed by atoms with Crippen LogP contribution in [0.5, 0.6) is 0 Å². The predicted molar refractivity (Wildman–Crippen MR) is 79.2 cm³/mol. The number of carboxylic acid groups (broad SMARTS) is 1. The van der Waals surface area contributed by atoms with Gasteiger partial charge in [0.1, 0.15) is 0 Å². The van der Waals surface area contributed by atoms with Gasteiger partial charge in [-0.3, -0.25) is 0 Å². The Labute approximate surface area is 123 Å². The van der Waals surface area contributed by atoms with E-state index in [0.717, 1.165) is 17.4 Å². The molecule has 1 N–H and O–H groups in total. The van der Waals surface area contributed by atoms with Crippen molar-refractivity contribution >= 4 is 28.2 Å². The Kier molecular flexibility index (Phi) is 4.92. The van der Waals surface area contributed by atoms with Gasteiger partial charge in [-0.25, -0.2) is 13.2 Å². The highest BCUT2D eigenvalue weighted by atomic mass is 35.5. The van der Waals surface area contributed by atoms with E-state index < -0.39 is 15.8 Å². The highest BCUT2D eigenvalue weighted by Gasteiger charge is 2.07. The van der Waals surface area contributed by atoms with Gasteiger partial charge < -0.3 is 5.11 Å². The van der Waals surface area contributed by atoms with E-state index in [4.69, 9.17) is 5.11 Å².